The van der Waals surface area contributed by atoms with Crippen LogP contribution < -0.4 is 4.74 Å². The van der Waals surface area contributed by atoms with Gasteiger partial charge < -0.3 is 0 Å². The zero-order valence-electron chi connectivity index (χ0n) is 19.2. The number of rotatable bonds is 6. The molecule has 1 aliphatic rings. The van der Waals surface area contributed by atoms with E-state index in [0.717, 1.165) is 39.1 Å². The number of methoxy groups -OCH3 is 1. The molecule has 6 rings (SSSR count). The van der Waals surface area contributed by atoms with E-state index in [1.165, 1.54) is 10.9 Å². The van der Waals surface area contributed by atoms with Crippen LogP contribution >= 0.6 is 0 Å². The molecule has 0 N–H and O–H groups in total. The van der Waals surface area contributed by atoms with Gasteiger partial charge in [0.05, 0.1) is 0 Å². The van der Waals surface area contributed by atoms with Crippen molar-refractivity contribution in [3.63, 3.8) is 0 Å². The van der Waals surface area contributed by atoms with E-state index < -0.39 is 11.9 Å². The van der Waals surface area contributed by atoms with Crippen LogP contribution in [0.3, 0.4) is 0 Å². The Morgan fingerprint density at radius 3 is 2.67 bits per heavy atom. The number of imidazole rings is 2. The molecule has 0 unspecified atom stereocenters. The van der Waals surface area contributed by atoms with Gasteiger partial charge in [0.2, 0.25) is 0 Å². The van der Waals surface area contributed by atoms with E-state index in [-0.39, 0.29) is 14.5 Å². The molecule has 9 nitrogen and oxygen atoms in total. The second-order valence-electron chi connectivity index (χ2n) is 8.52. The summed E-state index contributed by atoms with van der Waals surface area (Å²) >= 11 is -0.173. The first kappa shape index (κ1) is 22.9. The zero-order valence-corrected chi connectivity index (χ0v) is 20.9. The number of hydrogen-bond donors (Lipinski definition) is 0. The van der Waals surface area contributed by atoms with Gasteiger partial charge in [0.15, 0.2) is 0 Å². The molecule has 1 saturated carbocycles. The number of nitrogens with zero attached hydrogens (tertiary/aromatic N) is 8. The van der Waals surface area contributed by atoms with Crippen LogP contribution in [0.1, 0.15) is 34.6 Å². The topological polar surface area (TPSA) is 96.4 Å². The fourth-order valence-electron chi connectivity index (χ4n) is 4.09. The first-order valence-electron chi connectivity index (χ1n) is 11.1. The maximum absolute atomic E-state index is 13.0. The zero-order chi connectivity index (χ0) is 25.0. The quantitative estimate of drug-likeness (QED) is 0.293. The minimum absolute atomic E-state index is 0.173. The fourth-order valence-corrected chi connectivity index (χ4v) is 6.27. The average molecular weight is 559 g/mol. The number of aryl methyl sites for hydroxylation is 1. The predicted octanol–water partition coefficient (Wildman–Crippen LogP) is 3.69. The third-order valence-corrected chi connectivity index (χ3v) is 8.21. The van der Waals surface area contributed by atoms with E-state index in [1.807, 2.05) is 16.7 Å². The number of alkyl halides is 3. The molecule has 36 heavy (non-hydrogen) atoms. The number of fused-ring (bicyclic) bond motifs is 1. The molecule has 184 valence electrons. The van der Waals surface area contributed by atoms with Crippen molar-refractivity contribution in [1.29, 1.82) is 0 Å². The van der Waals surface area contributed by atoms with Gasteiger partial charge in [-0.15, -0.1) is 0 Å². The Bertz CT molecular complexity index is 1580. The number of hydrogen-bond acceptors (Lipinski definition) is 7. The fraction of sp³-hybridized carbons (Fsp3) is 0.304. The van der Waals surface area contributed by atoms with E-state index >= 15 is 0 Å². The molecule has 0 atom stereocenters. The molecule has 13 heteroatoms. The summed E-state index contributed by atoms with van der Waals surface area (Å²) in [5.74, 6) is 1.60. The van der Waals surface area contributed by atoms with Gasteiger partial charge in [0.25, 0.3) is 0 Å². The first-order chi connectivity index (χ1) is 17.3. The summed E-state index contributed by atoms with van der Waals surface area (Å²) in [6, 6.07) is 3.78. The summed E-state index contributed by atoms with van der Waals surface area (Å²) in [6.45, 7) is 0.529. The molecule has 0 aromatic carbocycles. The molecule has 0 bridgehead atoms. The number of aromatic nitrogens is 8. The van der Waals surface area contributed by atoms with Crippen LogP contribution in [0.25, 0.3) is 32.8 Å². The van der Waals surface area contributed by atoms with E-state index in [2.05, 4.69) is 29.9 Å². The van der Waals surface area contributed by atoms with Gasteiger partial charge in [0.1, 0.15) is 0 Å². The number of ether oxygens (including phenoxy) is 1. The Kier molecular flexibility index (Phi) is 5.41. The van der Waals surface area contributed by atoms with Crippen molar-refractivity contribution in [3.8, 4) is 27.5 Å². The number of halogens is 3. The SMILES string of the molecule is COc1ncnc(C2CC2)c1-c1ncc2c(ncn2Cc2ccc(-c3nc(C(F)(F)F)cn3C)[se]2)n1. The molecule has 0 amide bonds. The van der Waals surface area contributed by atoms with Crippen LogP contribution in [-0.4, -0.2) is 60.7 Å². The van der Waals surface area contributed by atoms with Gasteiger partial charge in [-0.3, -0.25) is 0 Å². The van der Waals surface area contributed by atoms with Gasteiger partial charge in [-0.05, 0) is 0 Å². The van der Waals surface area contributed by atoms with Gasteiger partial charge in [0, 0.05) is 0 Å². The summed E-state index contributed by atoms with van der Waals surface area (Å²) < 4.78 is 49.8. The van der Waals surface area contributed by atoms with Crippen molar-refractivity contribution in [2.24, 2.45) is 7.05 Å². The van der Waals surface area contributed by atoms with Gasteiger partial charge >= 0.3 is 209 Å². The van der Waals surface area contributed by atoms with Crippen LogP contribution in [0.15, 0.2) is 37.2 Å². The van der Waals surface area contributed by atoms with Gasteiger partial charge in [-0.2, -0.15) is 0 Å². The van der Waals surface area contributed by atoms with Crippen molar-refractivity contribution in [1.82, 2.24) is 39.0 Å². The molecule has 0 saturated heterocycles. The van der Waals surface area contributed by atoms with E-state index in [9.17, 15) is 13.2 Å². The van der Waals surface area contributed by atoms with E-state index in [4.69, 9.17) is 4.74 Å². The van der Waals surface area contributed by atoms with E-state index in [1.54, 1.807) is 26.7 Å². The normalized spacial score (nSPS) is 14.0. The van der Waals surface area contributed by atoms with Crippen molar-refractivity contribution in [2.75, 3.05) is 7.11 Å². The predicted molar refractivity (Wildman–Crippen MR) is 125 cm³/mol. The molecular weight excluding hydrogens is 540 g/mol. The van der Waals surface area contributed by atoms with Gasteiger partial charge in [-0.1, -0.05) is 0 Å². The molecule has 5 heterocycles. The van der Waals surface area contributed by atoms with Gasteiger partial charge in [-0.25, -0.2) is 0 Å². The summed E-state index contributed by atoms with van der Waals surface area (Å²) in [4.78, 5) is 26.2. The summed E-state index contributed by atoms with van der Waals surface area (Å²) in [5, 5.41) is 0. The summed E-state index contributed by atoms with van der Waals surface area (Å²) in [7, 11) is 3.14. The molecule has 0 aliphatic heterocycles. The minimum atomic E-state index is -4.47. The summed E-state index contributed by atoms with van der Waals surface area (Å²) in [5.41, 5.74) is 1.99. The maximum atomic E-state index is 13.0. The Morgan fingerprint density at radius 1 is 1.11 bits per heavy atom. The average Bonchev–Trinajstić information content (AvgIpc) is 3.27. The van der Waals surface area contributed by atoms with Crippen molar-refractivity contribution >= 4 is 25.7 Å². The van der Waals surface area contributed by atoms with Crippen LogP contribution in [0.4, 0.5) is 13.2 Å². The molecule has 1 aliphatic carbocycles. The Balaban J connectivity index is 1.29. The standard InChI is InChI=1S/C23H19F3N8OSe/c1-33-9-16(23(24,25)26)31-21(33)15-6-5-13(36-15)8-34-11-30-19-14(34)7-27-20(32-19)17-18(12-3-4-12)28-10-29-22(17)35-2/h5-7,9-12H,3-4,8H2,1-2H3. The molecular formula is C23H19F3N8OSe. The third kappa shape index (κ3) is 4.07. The second-order valence-corrected chi connectivity index (χ2v) is 11.0. The van der Waals surface area contributed by atoms with Crippen LogP contribution in [0.5, 0.6) is 5.88 Å². The van der Waals surface area contributed by atoms with Crippen molar-refractivity contribution in [2.45, 2.75) is 31.5 Å². The third-order valence-electron chi connectivity index (χ3n) is 5.98. The van der Waals surface area contributed by atoms with Crippen LogP contribution in [0, 0.1) is 0 Å². The van der Waals surface area contributed by atoms with Crippen LogP contribution in [-0.2, 0) is 19.8 Å². The molecule has 1 fully saturated rings. The summed E-state index contributed by atoms with van der Waals surface area (Å²) in [6.07, 6.45) is 3.59. The molecule has 5 aromatic heterocycles. The monoisotopic (exact) mass is 560 g/mol. The Hall–Kier alpha value is -3.57. The molecule has 0 spiro atoms. The van der Waals surface area contributed by atoms with Crippen LogP contribution in [0.2, 0.25) is 0 Å². The Labute approximate surface area is 208 Å². The van der Waals surface area contributed by atoms with E-state index in [0.29, 0.717) is 41.2 Å². The second kappa shape index (κ2) is 8.52. The molecule has 5 aromatic rings. The Morgan fingerprint density at radius 2 is 1.94 bits per heavy atom. The van der Waals surface area contributed by atoms with Crippen molar-refractivity contribution < 1.29 is 17.9 Å². The first-order valence-corrected chi connectivity index (χ1v) is 12.8. The van der Waals surface area contributed by atoms with Crippen molar-refractivity contribution in [3.05, 3.63) is 53.0 Å². The molecule has 0 radical (unpaired) electrons.